The van der Waals surface area contributed by atoms with Crippen LogP contribution in [-0.2, 0) is 4.79 Å². The molecule has 0 aromatic carbocycles. The molecular weight excluding hydrogens is 294 g/mol. The fraction of sp³-hybridized carbons (Fsp3) is 0.0769. The summed E-state index contributed by atoms with van der Waals surface area (Å²) in [7, 11) is 0. The molecule has 2 aromatic rings. The van der Waals surface area contributed by atoms with Crippen LogP contribution < -0.4 is 10.6 Å². The molecule has 21 heavy (non-hydrogen) atoms. The standard InChI is InChI=1S/C13H11N3O4S/c1-7(17)15-11-3-2-10(21-11)12(18)16-9-6-14-5-4-8(9)13(19)20/h2-6H,1H3,(H,15,17)(H,16,18)(H,19,20). The Labute approximate surface area is 123 Å². The van der Waals surface area contributed by atoms with Crippen molar-refractivity contribution in [2.45, 2.75) is 6.92 Å². The predicted octanol–water partition coefficient (Wildman–Crippen LogP) is 2.05. The quantitative estimate of drug-likeness (QED) is 0.801. The van der Waals surface area contributed by atoms with Gasteiger partial charge in [-0.25, -0.2) is 4.79 Å². The van der Waals surface area contributed by atoms with E-state index in [9.17, 15) is 14.4 Å². The maximum absolute atomic E-state index is 12.1. The highest BCUT2D eigenvalue weighted by molar-refractivity contribution is 7.18. The van der Waals surface area contributed by atoms with Crippen molar-refractivity contribution in [1.29, 1.82) is 0 Å². The van der Waals surface area contributed by atoms with Gasteiger partial charge in [-0.15, -0.1) is 11.3 Å². The van der Waals surface area contributed by atoms with Crippen molar-refractivity contribution < 1.29 is 19.5 Å². The van der Waals surface area contributed by atoms with Gasteiger partial charge in [0.25, 0.3) is 5.91 Å². The summed E-state index contributed by atoms with van der Waals surface area (Å²) in [6.45, 7) is 1.37. The van der Waals surface area contributed by atoms with Crippen molar-refractivity contribution in [3.63, 3.8) is 0 Å². The number of hydrogen-bond acceptors (Lipinski definition) is 5. The lowest BCUT2D eigenvalue weighted by molar-refractivity contribution is -0.114. The lowest BCUT2D eigenvalue weighted by Crippen LogP contribution is -2.13. The summed E-state index contributed by atoms with van der Waals surface area (Å²) in [5, 5.41) is 14.6. The van der Waals surface area contributed by atoms with E-state index in [2.05, 4.69) is 15.6 Å². The summed E-state index contributed by atoms with van der Waals surface area (Å²) >= 11 is 1.09. The molecule has 0 atom stereocenters. The second-order valence-electron chi connectivity index (χ2n) is 4.03. The molecule has 2 aromatic heterocycles. The third-order valence-corrected chi connectivity index (χ3v) is 3.43. The molecule has 8 heteroatoms. The Hall–Kier alpha value is -2.74. The second kappa shape index (κ2) is 6.14. The number of carbonyl (C=O) groups excluding carboxylic acids is 2. The van der Waals surface area contributed by atoms with Crippen molar-refractivity contribution in [1.82, 2.24) is 4.98 Å². The van der Waals surface area contributed by atoms with Gasteiger partial charge >= 0.3 is 5.97 Å². The van der Waals surface area contributed by atoms with Crippen molar-refractivity contribution in [3.8, 4) is 0 Å². The Balaban J connectivity index is 2.17. The van der Waals surface area contributed by atoms with Crippen LogP contribution in [0.15, 0.2) is 30.6 Å². The van der Waals surface area contributed by atoms with Crippen LogP contribution >= 0.6 is 11.3 Å². The maximum atomic E-state index is 12.1. The average Bonchev–Trinajstić information content (AvgIpc) is 2.86. The summed E-state index contributed by atoms with van der Waals surface area (Å²) in [4.78, 5) is 38.2. The first-order chi connectivity index (χ1) is 9.97. The Kier molecular flexibility index (Phi) is 4.29. The smallest absolute Gasteiger partial charge is 0.337 e. The van der Waals surface area contributed by atoms with Gasteiger partial charge in [-0.3, -0.25) is 14.6 Å². The van der Waals surface area contributed by atoms with Crippen molar-refractivity contribution in [2.75, 3.05) is 10.6 Å². The number of anilines is 2. The number of aromatic carboxylic acids is 1. The van der Waals surface area contributed by atoms with E-state index >= 15 is 0 Å². The summed E-state index contributed by atoms with van der Waals surface area (Å²) in [6.07, 6.45) is 2.60. The Morgan fingerprint density at radius 2 is 1.95 bits per heavy atom. The molecule has 3 N–H and O–H groups in total. The number of carboxylic acids is 1. The molecule has 0 unspecified atom stereocenters. The Morgan fingerprint density at radius 3 is 2.62 bits per heavy atom. The van der Waals surface area contributed by atoms with Crippen LogP contribution in [-0.4, -0.2) is 27.9 Å². The van der Waals surface area contributed by atoms with Crippen LogP contribution in [0.3, 0.4) is 0 Å². The van der Waals surface area contributed by atoms with Gasteiger partial charge in [0, 0.05) is 13.1 Å². The van der Waals surface area contributed by atoms with E-state index in [4.69, 9.17) is 5.11 Å². The van der Waals surface area contributed by atoms with Gasteiger partial charge in [-0.1, -0.05) is 0 Å². The molecule has 0 aliphatic heterocycles. The minimum atomic E-state index is -1.15. The van der Waals surface area contributed by atoms with Crippen molar-refractivity contribution in [3.05, 3.63) is 41.0 Å². The van der Waals surface area contributed by atoms with Crippen LogP contribution in [0.4, 0.5) is 10.7 Å². The molecule has 0 saturated carbocycles. The number of aromatic nitrogens is 1. The van der Waals surface area contributed by atoms with Crippen LogP contribution in [0.5, 0.6) is 0 Å². The van der Waals surface area contributed by atoms with Gasteiger partial charge < -0.3 is 15.7 Å². The molecule has 0 radical (unpaired) electrons. The van der Waals surface area contributed by atoms with E-state index in [1.165, 1.54) is 25.4 Å². The first-order valence-electron chi connectivity index (χ1n) is 5.83. The molecule has 108 valence electrons. The first kappa shape index (κ1) is 14.7. The number of rotatable bonds is 4. The van der Waals surface area contributed by atoms with E-state index in [1.807, 2.05) is 0 Å². The summed E-state index contributed by atoms with van der Waals surface area (Å²) in [5.74, 6) is -1.85. The number of hydrogen-bond donors (Lipinski definition) is 3. The average molecular weight is 305 g/mol. The van der Waals surface area contributed by atoms with Crippen LogP contribution in [0.25, 0.3) is 0 Å². The van der Waals surface area contributed by atoms with Crippen LogP contribution in [0.1, 0.15) is 27.0 Å². The first-order valence-corrected chi connectivity index (χ1v) is 6.65. The van der Waals surface area contributed by atoms with E-state index in [0.717, 1.165) is 11.3 Å². The van der Waals surface area contributed by atoms with E-state index in [1.54, 1.807) is 12.1 Å². The highest BCUT2D eigenvalue weighted by Gasteiger charge is 2.15. The molecule has 0 bridgehead atoms. The number of pyridine rings is 1. The third-order valence-electron chi connectivity index (χ3n) is 2.43. The molecule has 2 amide bonds. The fourth-order valence-electron chi connectivity index (χ4n) is 1.57. The van der Waals surface area contributed by atoms with E-state index in [-0.39, 0.29) is 17.2 Å². The largest absolute Gasteiger partial charge is 0.478 e. The zero-order chi connectivity index (χ0) is 15.4. The van der Waals surface area contributed by atoms with Gasteiger partial charge in [-0.05, 0) is 18.2 Å². The molecule has 0 aliphatic rings. The van der Waals surface area contributed by atoms with Gasteiger partial charge in [-0.2, -0.15) is 0 Å². The van der Waals surface area contributed by atoms with Crippen molar-refractivity contribution >= 4 is 39.8 Å². The van der Waals surface area contributed by atoms with Crippen LogP contribution in [0.2, 0.25) is 0 Å². The zero-order valence-corrected chi connectivity index (χ0v) is 11.7. The number of nitrogens with zero attached hydrogens (tertiary/aromatic N) is 1. The number of amides is 2. The van der Waals surface area contributed by atoms with Gasteiger partial charge in [0.2, 0.25) is 5.91 Å². The zero-order valence-electron chi connectivity index (χ0n) is 10.9. The monoisotopic (exact) mass is 305 g/mol. The SMILES string of the molecule is CC(=O)Nc1ccc(C(=O)Nc2cnccc2C(=O)O)s1. The van der Waals surface area contributed by atoms with Crippen LogP contribution in [0, 0.1) is 0 Å². The highest BCUT2D eigenvalue weighted by atomic mass is 32.1. The number of carbonyl (C=O) groups is 3. The normalized spacial score (nSPS) is 9.95. The molecule has 0 fully saturated rings. The third kappa shape index (κ3) is 3.63. The lowest BCUT2D eigenvalue weighted by atomic mass is 10.2. The maximum Gasteiger partial charge on any atom is 0.337 e. The minimum Gasteiger partial charge on any atom is -0.478 e. The molecule has 0 spiro atoms. The highest BCUT2D eigenvalue weighted by Crippen LogP contribution is 2.23. The molecule has 2 rings (SSSR count). The van der Waals surface area contributed by atoms with E-state index < -0.39 is 11.9 Å². The number of thiophene rings is 1. The lowest BCUT2D eigenvalue weighted by Gasteiger charge is -2.06. The van der Waals surface area contributed by atoms with Crippen molar-refractivity contribution in [2.24, 2.45) is 0 Å². The van der Waals surface area contributed by atoms with Gasteiger partial charge in [0.15, 0.2) is 0 Å². The van der Waals surface area contributed by atoms with Gasteiger partial charge in [0.1, 0.15) is 0 Å². The fourth-order valence-corrected chi connectivity index (χ4v) is 2.41. The molecular formula is C13H11N3O4S. The molecule has 2 heterocycles. The number of nitrogens with one attached hydrogen (secondary N) is 2. The Morgan fingerprint density at radius 1 is 1.19 bits per heavy atom. The minimum absolute atomic E-state index is 0.0445. The second-order valence-corrected chi connectivity index (χ2v) is 5.11. The molecule has 7 nitrogen and oxygen atoms in total. The van der Waals surface area contributed by atoms with Gasteiger partial charge in [0.05, 0.1) is 27.3 Å². The summed E-state index contributed by atoms with van der Waals surface area (Å²) in [6, 6.07) is 4.44. The summed E-state index contributed by atoms with van der Waals surface area (Å²) in [5.41, 5.74) is 0.0708. The molecule has 0 aliphatic carbocycles. The summed E-state index contributed by atoms with van der Waals surface area (Å²) < 4.78 is 0. The van der Waals surface area contributed by atoms with E-state index in [0.29, 0.717) is 9.88 Å². The number of carboxylic acid groups (broad SMARTS) is 1. The molecule has 0 saturated heterocycles. The predicted molar refractivity (Wildman–Crippen MR) is 77.8 cm³/mol. The Bertz CT molecular complexity index is 711. The topological polar surface area (TPSA) is 108 Å².